The van der Waals surface area contributed by atoms with Gasteiger partial charge in [0.1, 0.15) is 0 Å². The van der Waals surface area contributed by atoms with Crippen LogP contribution in [-0.4, -0.2) is 15.6 Å². The topological polar surface area (TPSA) is 0 Å². The lowest BCUT2D eigenvalue weighted by atomic mass is 10.1. The van der Waals surface area contributed by atoms with Crippen LogP contribution in [0, 0.1) is 0 Å². The van der Waals surface area contributed by atoms with Crippen molar-refractivity contribution in [2.24, 2.45) is 0 Å². The molecule has 0 nitrogen and oxygen atoms in total. The van der Waals surface area contributed by atoms with Crippen LogP contribution in [0.1, 0.15) is 44.9 Å². The van der Waals surface area contributed by atoms with Crippen molar-refractivity contribution in [3.05, 3.63) is 25.3 Å². The fraction of sp³-hybridized carbons (Fsp3) is 0.714. The molecule has 0 radical (unpaired) electrons. The maximum Gasteiger partial charge on any atom is 0.0611 e. The summed E-state index contributed by atoms with van der Waals surface area (Å²) in [5, 5.41) is 0. The van der Waals surface area contributed by atoms with Crippen molar-refractivity contribution < 1.29 is 0 Å². The van der Waals surface area contributed by atoms with Crippen molar-refractivity contribution in [1.82, 2.24) is 0 Å². The van der Waals surface area contributed by atoms with Crippen LogP contribution in [0.3, 0.4) is 0 Å². The fourth-order valence-electron chi connectivity index (χ4n) is 2.06. The molecule has 16 heavy (non-hydrogen) atoms. The van der Waals surface area contributed by atoms with Gasteiger partial charge in [0, 0.05) is 0 Å². The number of thioether (sulfide) groups is 2. The van der Waals surface area contributed by atoms with E-state index in [0.717, 1.165) is 0 Å². The van der Waals surface area contributed by atoms with Gasteiger partial charge >= 0.3 is 0 Å². The highest BCUT2D eigenvalue weighted by molar-refractivity contribution is 8.18. The highest BCUT2D eigenvalue weighted by Gasteiger charge is 2.32. The Labute approximate surface area is 109 Å². The zero-order valence-corrected chi connectivity index (χ0v) is 11.9. The van der Waals surface area contributed by atoms with Crippen molar-refractivity contribution >= 4 is 23.5 Å². The molecule has 0 aromatic carbocycles. The summed E-state index contributed by atoms with van der Waals surface area (Å²) in [7, 11) is 0. The van der Waals surface area contributed by atoms with Gasteiger partial charge in [-0.05, 0) is 56.5 Å². The number of hydrogen-bond donors (Lipinski definition) is 0. The highest BCUT2D eigenvalue weighted by Crippen LogP contribution is 2.49. The Kier molecular flexibility index (Phi) is 7.39. The zero-order chi connectivity index (χ0) is 11.7. The quantitative estimate of drug-likeness (QED) is 0.429. The summed E-state index contributed by atoms with van der Waals surface area (Å²) >= 11 is 4.41. The largest absolute Gasteiger partial charge is 0.144 e. The van der Waals surface area contributed by atoms with E-state index in [-0.39, 0.29) is 0 Å². The zero-order valence-electron chi connectivity index (χ0n) is 10.2. The van der Waals surface area contributed by atoms with Crippen LogP contribution < -0.4 is 0 Å². The van der Waals surface area contributed by atoms with E-state index in [1.165, 1.54) is 56.5 Å². The van der Waals surface area contributed by atoms with Gasteiger partial charge in [0.2, 0.25) is 0 Å². The number of unbranched alkanes of at least 4 members (excludes halogenated alkanes) is 2. The molecule has 1 fully saturated rings. The Morgan fingerprint density at radius 2 is 1.44 bits per heavy atom. The fourth-order valence-corrected chi connectivity index (χ4v) is 5.55. The van der Waals surface area contributed by atoms with Crippen LogP contribution in [-0.2, 0) is 0 Å². The Morgan fingerprint density at radius 3 is 1.88 bits per heavy atom. The van der Waals surface area contributed by atoms with E-state index in [1.807, 2.05) is 0 Å². The van der Waals surface area contributed by atoms with Gasteiger partial charge in [-0.25, -0.2) is 0 Å². The van der Waals surface area contributed by atoms with Gasteiger partial charge in [0.05, 0.1) is 4.08 Å². The monoisotopic (exact) mass is 256 g/mol. The van der Waals surface area contributed by atoms with Crippen molar-refractivity contribution in [3.63, 3.8) is 0 Å². The molecule has 0 amide bonds. The molecule has 0 unspecified atom stereocenters. The minimum atomic E-state index is 0.518. The summed E-state index contributed by atoms with van der Waals surface area (Å²) in [6.45, 7) is 7.63. The highest BCUT2D eigenvalue weighted by atomic mass is 32.2. The summed E-state index contributed by atoms with van der Waals surface area (Å²) in [5.41, 5.74) is 0. The summed E-state index contributed by atoms with van der Waals surface area (Å²) in [5.74, 6) is 2.71. The maximum absolute atomic E-state index is 3.81. The summed E-state index contributed by atoms with van der Waals surface area (Å²) in [6, 6.07) is 0. The van der Waals surface area contributed by atoms with Crippen molar-refractivity contribution in [3.8, 4) is 0 Å². The van der Waals surface area contributed by atoms with E-state index in [2.05, 4.69) is 48.8 Å². The Hall–Kier alpha value is 0.180. The van der Waals surface area contributed by atoms with Gasteiger partial charge in [0.15, 0.2) is 0 Å². The molecule has 1 saturated heterocycles. The Bertz CT molecular complexity index is 189. The van der Waals surface area contributed by atoms with Gasteiger partial charge in [-0.15, -0.1) is 36.7 Å². The average Bonchev–Trinajstić information content (AvgIpc) is 2.31. The van der Waals surface area contributed by atoms with Crippen LogP contribution in [0.4, 0.5) is 0 Å². The maximum atomic E-state index is 3.81. The third-order valence-electron chi connectivity index (χ3n) is 2.95. The SMILES string of the molecule is C=CCCCC1(CCCC=C)SCCCS1. The van der Waals surface area contributed by atoms with Crippen molar-refractivity contribution in [2.75, 3.05) is 11.5 Å². The van der Waals surface area contributed by atoms with Gasteiger partial charge < -0.3 is 0 Å². The van der Waals surface area contributed by atoms with Gasteiger partial charge in [0.25, 0.3) is 0 Å². The summed E-state index contributed by atoms with van der Waals surface area (Å²) < 4.78 is 0.518. The van der Waals surface area contributed by atoms with Crippen LogP contribution in [0.25, 0.3) is 0 Å². The first-order chi connectivity index (χ1) is 7.83. The molecule has 0 aromatic rings. The molecule has 0 bridgehead atoms. The van der Waals surface area contributed by atoms with Crippen LogP contribution >= 0.6 is 23.5 Å². The third kappa shape index (κ3) is 5.01. The molecule has 0 N–H and O–H groups in total. The number of rotatable bonds is 8. The predicted octanol–water partition coefficient (Wildman–Crippen LogP) is 5.27. The van der Waals surface area contributed by atoms with Crippen molar-refractivity contribution in [1.29, 1.82) is 0 Å². The first kappa shape index (κ1) is 14.2. The first-order valence-electron chi connectivity index (χ1n) is 6.33. The smallest absolute Gasteiger partial charge is 0.0611 e. The van der Waals surface area contributed by atoms with Crippen LogP contribution in [0.2, 0.25) is 0 Å². The van der Waals surface area contributed by atoms with Gasteiger partial charge in [-0.1, -0.05) is 12.2 Å². The second-order valence-corrected chi connectivity index (χ2v) is 7.54. The molecular weight excluding hydrogens is 232 g/mol. The molecule has 0 saturated carbocycles. The lowest BCUT2D eigenvalue weighted by Crippen LogP contribution is -2.25. The molecule has 0 aliphatic carbocycles. The molecule has 2 heteroatoms. The number of hydrogen-bond acceptors (Lipinski definition) is 2. The average molecular weight is 256 g/mol. The van der Waals surface area contributed by atoms with E-state index in [9.17, 15) is 0 Å². The molecule has 1 aliphatic rings. The Balaban J connectivity index is 2.38. The lowest BCUT2D eigenvalue weighted by Gasteiger charge is -2.36. The molecule has 0 atom stereocenters. The molecular formula is C14H24S2. The van der Waals surface area contributed by atoms with E-state index in [0.29, 0.717) is 4.08 Å². The summed E-state index contributed by atoms with van der Waals surface area (Å²) in [6.07, 6.45) is 13.1. The van der Waals surface area contributed by atoms with E-state index in [1.54, 1.807) is 0 Å². The van der Waals surface area contributed by atoms with Crippen LogP contribution in [0.5, 0.6) is 0 Å². The van der Waals surface area contributed by atoms with E-state index in [4.69, 9.17) is 0 Å². The second-order valence-electron chi connectivity index (χ2n) is 4.32. The minimum Gasteiger partial charge on any atom is -0.144 e. The van der Waals surface area contributed by atoms with Gasteiger partial charge in [-0.3, -0.25) is 0 Å². The molecule has 1 rings (SSSR count). The first-order valence-corrected chi connectivity index (χ1v) is 8.30. The normalized spacial score (nSPS) is 19.2. The third-order valence-corrected chi connectivity index (χ3v) is 6.51. The Morgan fingerprint density at radius 1 is 0.938 bits per heavy atom. The van der Waals surface area contributed by atoms with Crippen molar-refractivity contribution in [2.45, 2.75) is 49.0 Å². The molecule has 0 spiro atoms. The second kappa shape index (κ2) is 8.30. The molecule has 92 valence electrons. The molecule has 1 heterocycles. The van der Waals surface area contributed by atoms with E-state index >= 15 is 0 Å². The lowest BCUT2D eigenvalue weighted by molar-refractivity contribution is 0.599. The predicted molar refractivity (Wildman–Crippen MR) is 80.4 cm³/mol. The number of allylic oxidation sites excluding steroid dienone is 2. The van der Waals surface area contributed by atoms with Crippen LogP contribution in [0.15, 0.2) is 25.3 Å². The summed E-state index contributed by atoms with van der Waals surface area (Å²) in [4.78, 5) is 0. The molecule has 0 aromatic heterocycles. The minimum absolute atomic E-state index is 0.518. The van der Waals surface area contributed by atoms with Gasteiger partial charge in [-0.2, -0.15) is 0 Å². The molecule has 1 aliphatic heterocycles. The van der Waals surface area contributed by atoms with E-state index < -0.39 is 0 Å². The standard InChI is InChI=1S/C14H24S2/c1-3-5-7-10-14(11-8-6-4-2)15-12-9-13-16-14/h3-4H,1-2,5-13H2.